The smallest absolute Gasteiger partial charge is 0.265 e. The van der Waals surface area contributed by atoms with E-state index in [2.05, 4.69) is 41.2 Å². The molecule has 1 atom stereocenters. The zero-order chi connectivity index (χ0) is 20.1. The van der Waals surface area contributed by atoms with Gasteiger partial charge in [-0.15, -0.1) is 0 Å². The number of amides is 1. The number of hydrogen-bond acceptors (Lipinski definition) is 4. The fraction of sp³-hybridized carbons (Fsp3) is 0.435. The van der Waals surface area contributed by atoms with Crippen molar-refractivity contribution in [2.75, 3.05) is 43.4 Å². The maximum Gasteiger partial charge on any atom is 0.265 e. The quantitative estimate of drug-likeness (QED) is 0.825. The Bertz CT molecular complexity index is 796. The molecule has 1 saturated heterocycles. The normalized spacial score (nSPS) is 15.9. The molecule has 5 heteroatoms. The number of rotatable bonds is 6. The third-order valence-corrected chi connectivity index (χ3v) is 5.42. The van der Waals surface area contributed by atoms with E-state index in [1.165, 1.54) is 11.3 Å². The number of nitrogens with one attached hydrogen (secondary N) is 1. The SMILES string of the molecule is CCC(Oc1ccc(C)c(C)c1)C(=O)Nc1ccc(N2CCN(C)CC2)cc1. The van der Waals surface area contributed by atoms with Crippen molar-refractivity contribution >= 4 is 17.3 Å². The molecular weight excluding hydrogens is 350 g/mol. The predicted molar refractivity (Wildman–Crippen MR) is 115 cm³/mol. The monoisotopic (exact) mass is 381 g/mol. The van der Waals surface area contributed by atoms with Crippen LogP contribution in [0.5, 0.6) is 5.75 Å². The summed E-state index contributed by atoms with van der Waals surface area (Å²) < 4.78 is 5.94. The highest BCUT2D eigenvalue weighted by Gasteiger charge is 2.19. The highest BCUT2D eigenvalue weighted by molar-refractivity contribution is 5.94. The summed E-state index contributed by atoms with van der Waals surface area (Å²) in [6.07, 6.45) is 0.0948. The first-order valence-corrected chi connectivity index (χ1v) is 10.0. The molecule has 1 heterocycles. The highest BCUT2D eigenvalue weighted by atomic mass is 16.5. The Hall–Kier alpha value is -2.53. The largest absolute Gasteiger partial charge is 0.481 e. The van der Waals surface area contributed by atoms with Crippen LogP contribution in [0, 0.1) is 13.8 Å². The molecule has 150 valence electrons. The van der Waals surface area contributed by atoms with Gasteiger partial charge in [-0.25, -0.2) is 0 Å². The Labute approximate surface area is 168 Å². The molecule has 2 aromatic rings. The number of benzene rings is 2. The molecule has 1 amide bonds. The van der Waals surface area contributed by atoms with Gasteiger partial charge < -0.3 is 19.9 Å². The van der Waals surface area contributed by atoms with Crippen LogP contribution >= 0.6 is 0 Å². The van der Waals surface area contributed by atoms with Gasteiger partial charge in [0.2, 0.25) is 0 Å². The predicted octanol–water partition coefficient (Wildman–Crippen LogP) is 3.85. The molecule has 1 aliphatic heterocycles. The van der Waals surface area contributed by atoms with Gasteiger partial charge >= 0.3 is 0 Å². The first-order chi connectivity index (χ1) is 13.5. The first kappa shape index (κ1) is 20.2. The van der Waals surface area contributed by atoms with Crippen molar-refractivity contribution in [3.8, 4) is 5.75 Å². The average molecular weight is 382 g/mol. The van der Waals surface area contributed by atoms with Crippen LogP contribution in [-0.4, -0.2) is 50.1 Å². The molecule has 3 rings (SSSR count). The number of hydrogen-bond donors (Lipinski definition) is 1. The summed E-state index contributed by atoms with van der Waals surface area (Å²) in [4.78, 5) is 17.4. The number of aryl methyl sites for hydroxylation is 2. The summed E-state index contributed by atoms with van der Waals surface area (Å²) >= 11 is 0. The molecule has 5 nitrogen and oxygen atoms in total. The Morgan fingerprint density at radius 2 is 1.71 bits per heavy atom. The highest BCUT2D eigenvalue weighted by Crippen LogP contribution is 2.21. The molecule has 1 N–H and O–H groups in total. The van der Waals surface area contributed by atoms with E-state index >= 15 is 0 Å². The summed E-state index contributed by atoms with van der Waals surface area (Å²) in [5.74, 6) is 0.614. The Kier molecular flexibility index (Phi) is 6.57. The molecule has 1 fully saturated rings. The van der Waals surface area contributed by atoms with Crippen LogP contribution in [0.3, 0.4) is 0 Å². The molecule has 2 aromatic carbocycles. The van der Waals surface area contributed by atoms with E-state index in [0.717, 1.165) is 43.2 Å². The second kappa shape index (κ2) is 9.11. The lowest BCUT2D eigenvalue weighted by Crippen LogP contribution is -2.44. The molecule has 0 aliphatic carbocycles. The van der Waals surface area contributed by atoms with E-state index in [-0.39, 0.29) is 5.91 Å². The zero-order valence-electron chi connectivity index (χ0n) is 17.4. The third-order valence-electron chi connectivity index (χ3n) is 5.42. The molecule has 28 heavy (non-hydrogen) atoms. The number of ether oxygens (including phenoxy) is 1. The molecule has 0 bridgehead atoms. The summed E-state index contributed by atoms with van der Waals surface area (Å²) in [6, 6.07) is 14.0. The topological polar surface area (TPSA) is 44.8 Å². The van der Waals surface area contributed by atoms with Crippen molar-refractivity contribution in [1.82, 2.24) is 4.90 Å². The molecule has 0 saturated carbocycles. The van der Waals surface area contributed by atoms with E-state index in [9.17, 15) is 4.79 Å². The summed E-state index contributed by atoms with van der Waals surface area (Å²) in [6.45, 7) is 10.3. The van der Waals surface area contributed by atoms with Crippen LogP contribution in [0.1, 0.15) is 24.5 Å². The van der Waals surface area contributed by atoms with Crippen molar-refractivity contribution in [2.24, 2.45) is 0 Å². The van der Waals surface area contributed by atoms with Crippen LogP contribution < -0.4 is 15.0 Å². The first-order valence-electron chi connectivity index (χ1n) is 10.0. The summed E-state index contributed by atoms with van der Waals surface area (Å²) in [7, 11) is 2.15. The fourth-order valence-corrected chi connectivity index (χ4v) is 3.32. The molecule has 0 aromatic heterocycles. The van der Waals surface area contributed by atoms with Gasteiger partial charge in [0, 0.05) is 37.6 Å². The zero-order valence-corrected chi connectivity index (χ0v) is 17.4. The fourth-order valence-electron chi connectivity index (χ4n) is 3.32. The Morgan fingerprint density at radius 3 is 2.32 bits per heavy atom. The summed E-state index contributed by atoms with van der Waals surface area (Å²) in [5, 5.41) is 2.99. The minimum absolute atomic E-state index is 0.118. The second-order valence-corrected chi connectivity index (χ2v) is 7.59. The average Bonchev–Trinajstić information content (AvgIpc) is 2.70. The molecule has 1 aliphatic rings. The lowest BCUT2D eigenvalue weighted by molar-refractivity contribution is -0.122. The van der Waals surface area contributed by atoms with Gasteiger partial charge in [0.05, 0.1) is 0 Å². The van der Waals surface area contributed by atoms with E-state index in [4.69, 9.17) is 4.74 Å². The molecule has 1 unspecified atom stereocenters. The van der Waals surface area contributed by atoms with Gasteiger partial charge in [-0.1, -0.05) is 13.0 Å². The van der Waals surface area contributed by atoms with Crippen LogP contribution in [0.15, 0.2) is 42.5 Å². The van der Waals surface area contributed by atoms with Crippen molar-refractivity contribution in [1.29, 1.82) is 0 Å². The second-order valence-electron chi connectivity index (χ2n) is 7.59. The van der Waals surface area contributed by atoms with Crippen LogP contribution in [-0.2, 0) is 4.79 Å². The van der Waals surface area contributed by atoms with Gasteiger partial charge in [0.25, 0.3) is 5.91 Å². The van der Waals surface area contributed by atoms with Gasteiger partial charge in [0.15, 0.2) is 6.10 Å². The number of carbonyl (C=O) groups excluding carboxylic acids is 1. The van der Waals surface area contributed by atoms with Crippen molar-refractivity contribution in [3.63, 3.8) is 0 Å². The van der Waals surface area contributed by atoms with Gasteiger partial charge in [-0.05, 0) is 74.8 Å². The van der Waals surface area contributed by atoms with Gasteiger partial charge in [-0.3, -0.25) is 4.79 Å². The van der Waals surface area contributed by atoms with Crippen molar-refractivity contribution in [2.45, 2.75) is 33.3 Å². The van der Waals surface area contributed by atoms with Crippen LogP contribution in [0.25, 0.3) is 0 Å². The lowest BCUT2D eigenvalue weighted by atomic mass is 10.1. The van der Waals surface area contributed by atoms with Crippen LogP contribution in [0.4, 0.5) is 11.4 Å². The maximum absolute atomic E-state index is 12.7. The van der Waals surface area contributed by atoms with E-state index in [1.54, 1.807) is 0 Å². The van der Waals surface area contributed by atoms with Crippen molar-refractivity contribution < 1.29 is 9.53 Å². The third kappa shape index (κ3) is 5.04. The summed E-state index contributed by atoms with van der Waals surface area (Å²) in [5.41, 5.74) is 4.37. The van der Waals surface area contributed by atoms with E-state index in [0.29, 0.717) is 6.42 Å². The molecular formula is C23H31N3O2. The molecule has 0 spiro atoms. The standard InChI is InChI=1S/C23H31N3O2/c1-5-22(28-21-11-6-17(2)18(3)16-21)23(27)24-19-7-9-20(10-8-19)26-14-12-25(4)13-15-26/h6-11,16,22H,5,12-15H2,1-4H3,(H,24,27). The lowest BCUT2D eigenvalue weighted by Gasteiger charge is -2.34. The number of carbonyl (C=O) groups is 1. The maximum atomic E-state index is 12.7. The van der Waals surface area contributed by atoms with Crippen molar-refractivity contribution in [3.05, 3.63) is 53.6 Å². The number of piperazine rings is 1. The Morgan fingerprint density at radius 1 is 1.04 bits per heavy atom. The van der Waals surface area contributed by atoms with Crippen LogP contribution in [0.2, 0.25) is 0 Å². The van der Waals surface area contributed by atoms with Gasteiger partial charge in [0.1, 0.15) is 5.75 Å². The minimum Gasteiger partial charge on any atom is -0.481 e. The number of nitrogens with zero attached hydrogens (tertiary/aromatic N) is 2. The molecule has 0 radical (unpaired) electrons. The van der Waals surface area contributed by atoms with E-state index < -0.39 is 6.10 Å². The number of anilines is 2. The Balaban J connectivity index is 1.59. The van der Waals surface area contributed by atoms with E-state index in [1.807, 2.05) is 44.2 Å². The number of likely N-dealkylation sites (N-methyl/N-ethyl adjacent to an activating group) is 1. The minimum atomic E-state index is -0.514. The van der Waals surface area contributed by atoms with Gasteiger partial charge in [-0.2, -0.15) is 0 Å².